The minimum Gasteiger partial charge on any atom is -0.330 e. The molecule has 1 aromatic rings. The first-order chi connectivity index (χ1) is 8.11. The Morgan fingerprint density at radius 1 is 1.53 bits per heavy atom. The fraction of sp³-hybridized carbons (Fsp3) is 0.417. The van der Waals surface area contributed by atoms with Crippen LogP contribution in [-0.2, 0) is 4.79 Å². The number of nitrogens with one attached hydrogen (secondary N) is 1. The predicted octanol–water partition coefficient (Wildman–Crippen LogP) is 1.33. The molecule has 2 rings (SSSR count). The van der Waals surface area contributed by atoms with Crippen LogP contribution in [0.3, 0.4) is 0 Å². The number of nitrogens with two attached hydrogens (primary N) is 2. The van der Waals surface area contributed by atoms with E-state index in [1.807, 2.05) is 25.1 Å². The fourth-order valence-corrected chi connectivity index (χ4v) is 2.57. The first-order valence-corrected chi connectivity index (χ1v) is 6.62. The number of fused-ring (bicyclic) bond motifs is 1. The number of carbonyl (C=O) groups excluding carboxylic acids is 1. The van der Waals surface area contributed by atoms with E-state index >= 15 is 0 Å². The first-order valence-electron chi connectivity index (χ1n) is 5.64. The van der Waals surface area contributed by atoms with Crippen molar-refractivity contribution < 1.29 is 4.79 Å². The zero-order valence-corrected chi connectivity index (χ0v) is 10.6. The smallest absolute Gasteiger partial charge is 0.234 e. The summed E-state index contributed by atoms with van der Waals surface area (Å²) in [7, 11) is 0. The molecule has 0 spiro atoms. The molecule has 0 aromatic heterocycles. The van der Waals surface area contributed by atoms with E-state index < -0.39 is 0 Å². The highest BCUT2D eigenvalue weighted by Gasteiger charge is 2.19. The Morgan fingerprint density at radius 3 is 3.00 bits per heavy atom. The Labute approximate surface area is 105 Å². The second-order valence-corrected chi connectivity index (χ2v) is 5.35. The third-order valence-corrected chi connectivity index (χ3v) is 4.08. The molecule has 1 aliphatic rings. The van der Waals surface area contributed by atoms with Gasteiger partial charge >= 0.3 is 0 Å². The molecule has 2 unspecified atom stereocenters. The average molecular weight is 251 g/mol. The third-order valence-electron chi connectivity index (χ3n) is 3.01. The van der Waals surface area contributed by atoms with E-state index in [0.717, 1.165) is 16.1 Å². The lowest BCUT2D eigenvalue weighted by Crippen LogP contribution is -2.26. The van der Waals surface area contributed by atoms with E-state index in [2.05, 4.69) is 5.32 Å². The minimum atomic E-state index is -0.0888. The van der Waals surface area contributed by atoms with Crippen LogP contribution in [0, 0.1) is 5.92 Å². The molecule has 0 radical (unpaired) electrons. The van der Waals surface area contributed by atoms with Gasteiger partial charge in [0.25, 0.3) is 0 Å². The molecule has 0 saturated carbocycles. The van der Waals surface area contributed by atoms with Crippen LogP contribution in [0.2, 0.25) is 0 Å². The molecule has 1 heterocycles. The van der Waals surface area contributed by atoms with Crippen LogP contribution in [0.25, 0.3) is 0 Å². The van der Waals surface area contributed by atoms with Gasteiger partial charge in [0.05, 0.1) is 11.4 Å². The molecule has 1 amide bonds. The molecule has 4 nitrogen and oxygen atoms in total. The summed E-state index contributed by atoms with van der Waals surface area (Å²) in [4.78, 5) is 12.4. The van der Waals surface area contributed by atoms with Crippen molar-refractivity contribution >= 4 is 23.4 Å². The van der Waals surface area contributed by atoms with Crippen molar-refractivity contribution in [1.29, 1.82) is 0 Å². The molecule has 92 valence electrons. The van der Waals surface area contributed by atoms with Crippen LogP contribution in [0.15, 0.2) is 23.1 Å². The summed E-state index contributed by atoms with van der Waals surface area (Å²) in [6, 6.07) is 5.89. The molecule has 0 saturated heterocycles. The highest BCUT2D eigenvalue weighted by molar-refractivity contribution is 8.00. The molecule has 1 aromatic carbocycles. The molecular formula is C12H17N3OS. The first kappa shape index (κ1) is 12.4. The molecule has 0 fully saturated rings. The van der Waals surface area contributed by atoms with Crippen molar-refractivity contribution in [1.82, 2.24) is 0 Å². The second-order valence-electron chi connectivity index (χ2n) is 4.33. The molecule has 5 heteroatoms. The van der Waals surface area contributed by atoms with Gasteiger partial charge in [0, 0.05) is 10.9 Å². The summed E-state index contributed by atoms with van der Waals surface area (Å²) in [5.74, 6) is 0.748. The Morgan fingerprint density at radius 2 is 2.29 bits per heavy atom. The lowest BCUT2D eigenvalue weighted by atomic mass is 9.95. The Kier molecular flexibility index (Phi) is 3.71. The van der Waals surface area contributed by atoms with Crippen LogP contribution in [0.4, 0.5) is 5.69 Å². The minimum absolute atomic E-state index is 0.0418. The molecule has 0 bridgehead atoms. The molecule has 1 aliphatic heterocycles. The number of carbonyl (C=O) groups is 1. The largest absolute Gasteiger partial charge is 0.330 e. The van der Waals surface area contributed by atoms with Crippen LogP contribution >= 0.6 is 11.8 Å². The van der Waals surface area contributed by atoms with Crippen molar-refractivity contribution in [3.05, 3.63) is 23.8 Å². The number of amides is 1. The normalized spacial score (nSPS) is 18.2. The van der Waals surface area contributed by atoms with Crippen molar-refractivity contribution in [3.8, 4) is 0 Å². The molecule has 5 N–H and O–H groups in total. The summed E-state index contributed by atoms with van der Waals surface area (Å²) in [5, 5.41) is 2.87. The zero-order valence-electron chi connectivity index (χ0n) is 9.77. The van der Waals surface area contributed by atoms with E-state index in [4.69, 9.17) is 11.5 Å². The van der Waals surface area contributed by atoms with Crippen molar-refractivity contribution in [2.45, 2.75) is 17.9 Å². The van der Waals surface area contributed by atoms with E-state index in [1.165, 1.54) is 0 Å². The lowest BCUT2D eigenvalue weighted by molar-refractivity contribution is -0.113. The van der Waals surface area contributed by atoms with E-state index in [0.29, 0.717) is 12.3 Å². The number of anilines is 1. The summed E-state index contributed by atoms with van der Waals surface area (Å²) < 4.78 is 0. The Hall–Kier alpha value is -1.04. The van der Waals surface area contributed by atoms with Crippen LogP contribution in [-0.4, -0.2) is 18.2 Å². The number of hydrogen-bond acceptors (Lipinski definition) is 4. The van der Waals surface area contributed by atoms with Crippen molar-refractivity contribution in [2.75, 3.05) is 17.6 Å². The molecule has 0 aliphatic carbocycles. The summed E-state index contributed by atoms with van der Waals surface area (Å²) in [5.41, 5.74) is 13.6. The van der Waals surface area contributed by atoms with Gasteiger partial charge in [0.2, 0.25) is 5.91 Å². The summed E-state index contributed by atoms with van der Waals surface area (Å²) >= 11 is 1.55. The fourth-order valence-electron chi connectivity index (χ4n) is 1.78. The quantitative estimate of drug-likeness (QED) is 0.757. The maximum absolute atomic E-state index is 11.3. The van der Waals surface area contributed by atoms with Gasteiger partial charge in [-0.3, -0.25) is 4.79 Å². The molecule has 17 heavy (non-hydrogen) atoms. The maximum Gasteiger partial charge on any atom is 0.234 e. The Bertz CT molecular complexity index is 436. The number of rotatable bonds is 3. The van der Waals surface area contributed by atoms with Crippen LogP contribution in [0.1, 0.15) is 18.5 Å². The zero-order chi connectivity index (χ0) is 12.4. The average Bonchev–Trinajstić information content (AvgIpc) is 2.36. The van der Waals surface area contributed by atoms with Crippen LogP contribution in [0.5, 0.6) is 0 Å². The SMILES string of the molecule is CC(CN)C(N)c1ccc2c(c1)NC(=O)CS2. The monoisotopic (exact) mass is 251 g/mol. The number of thioether (sulfide) groups is 1. The second kappa shape index (κ2) is 5.08. The van der Waals surface area contributed by atoms with Gasteiger partial charge < -0.3 is 16.8 Å². The predicted molar refractivity (Wildman–Crippen MR) is 70.9 cm³/mol. The van der Waals surface area contributed by atoms with E-state index in [1.54, 1.807) is 11.8 Å². The molecule has 2 atom stereocenters. The van der Waals surface area contributed by atoms with Crippen LogP contribution < -0.4 is 16.8 Å². The van der Waals surface area contributed by atoms with Gasteiger partial charge in [-0.2, -0.15) is 0 Å². The van der Waals surface area contributed by atoms with Crippen molar-refractivity contribution in [3.63, 3.8) is 0 Å². The van der Waals surface area contributed by atoms with Gasteiger partial charge in [-0.25, -0.2) is 0 Å². The standard InChI is InChI=1S/C12H17N3OS/c1-7(5-13)12(14)8-2-3-10-9(4-8)15-11(16)6-17-10/h2-4,7,12H,5-6,13-14H2,1H3,(H,15,16). The topological polar surface area (TPSA) is 81.1 Å². The molecular weight excluding hydrogens is 234 g/mol. The van der Waals surface area contributed by atoms with Crippen molar-refractivity contribution in [2.24, 2.45) is 17.4 Å². The van der Waals surface area contributed by atoms with Gasteiger partial charge in [0.1, 0.15) is 0 Å². The van der Waals surface area contributed by atoms with Gasteiger partial charge in [0.15, 0.2) is 0 Å². The van der Waals surface area contributed by atoms with E-state index in [-0.39, 0.29) is 17.9 Å². The van der Waals surface area contributed by atoms with E-state index in [9.17, 15) is 4.79 Å². The number of benzene rings is 1. The maximum atomic E-state index is 11.3. The third kappa shape index (κ3) is 2.62. The lowest BCUT2D eigenvalue weighted by Gasteiger charge is -2.22. The number of hydrogen-bond donors (Lipinski definition) is 3. The van der Waals surface area contributed by atoms with Gasteiger partial charge in [-0.1, -0.05) is 13.0 Å². The van der Waals surface area contributed by atoms with Gasteiger partial charge in [-0.05, 0) is 30.2 Å². The van der Waals surface area contributed by atoms with Gasteiger partial charge in [-0.15, -0.1) is 11.8 Å². The highest BCUT2D eigenvalue weighted by Crippen LogP contribution is 2.33. The Balaban J connectivity index is 2.26. The summed E-state index contributed by atoms with van der Waals surface area (Å²) in [6.45, 7) is 2.58. The summed E-state index contributed by atoms with van der Waals surface area (Å²) in [6.07, 6.45) is 0. The highest BCUT2D eigenvalue weighted by atomic mass is 32.2.